The van der Waals surface area contributed by atoms with Crippen molar-refractivity contribution in [2.75, 3.05) is 6.54 Å². The lowest BCUT2D eigenvalue weighted by molar-refractivity contribution is -0.742. The van der Waals surface area contributed by atoms with E-state index >= 15 is 0 Å². The normalized spacial score (nSPS) is 6.90. The second kappa shape index (κ2) is 7.40. The fourth-order valence-corrected chi connectivity index (χ4v) is 0.129. The maximum atomic E-state index is 9.29. The molecule has 0 aromatic heterocycles. The highest BCUT2D eigenvalue weighted by Gasteiger charge is 1.80. The third-order valence-electron chi connectivity index (χ3n) is 0.287. The summed E-state index contributed by atoms with van der Waals surface area (Å²) in [6, 6.07) is 0. The Morgan fingerprint density at radius 2 is 1.80 bits per heavy atom. The molecule has 0 aliphatic heterocycles. The summed E-state index contributed by atoms with van der Waals surface area (Å²) in [6.07, 6.45) is 0. The van der Waals surface area contributed by atoms with Gasteiger partial charge in [0.1, 0.15) is 0 Å². The van der Waals surface area contributed by atoms with Crippen LogP contribution in [0.25, 0.3) is 0 Å². The fraction of sp³-hybridized carbons (Fsp3) is 1.00. The van der Waals surface area contributed by atoms with Crippen molar-refractivity contribution in [2.24, 2.45) is 0 Å². The van der Waals surface area contributed by atoms with E-state index in [1.54, 1.807) is 6.92 Å². The van der Waals surface area contributed by atoms with E-state index in [0.717, 1.165) is 0 Å². The number of hydrogen-bond donors (Lipinski definition) is 2. The molecule has 0 aliphatic carbocycles. The average molecular weight is 153 g/mol. The molecule has 0 atom stereocenters. The van der Waals surface area contributed by atoms with E-state index in [1.165, 1.54) is 0 Å². The van der Waals surface area contributed by atoms with Crippen LogP contribution in [0.1, 0.15) is 6.92 Å². The molecule has 0 aliphatic rings. The number of nitrogens with zero attached hydrogens (tertiary/aromatic N) is 2. The summed E-state index contributed by atoms with van der Waals surface area (Å²) in [5, 5.41) is 22.4. The largest absolute Gasteiger partial charge is 0.328 e. The molecular weight excluding hydrogens is 146 g/mol. The first-order chi connectivity index (χ1) is 4.50. The summed E-state index contributed by atoms with van der Waals surface area (Å²) in [6.45, 7) is 2.05. The minimum Gasteiger partial charge on any atom is -0.328 e. The number of nitrogens with one attached hydrogen (secondary N) is 1. The van der Waals surface area contributed by atoms with Gasteiger partial charge in [-0.25, -0.2) is 10.1 Å². The molecule has 0 spiro atoms. The lowest BCUT2D eigenvalue weighted by atomic mass is 10.8. The summed E-state index contributed by atoms with van der Waals surface area (Å²) in [5.41, 5.74) is 1.93. The molecule has 0 fully saturated rings. The molecule has 0 aromatic rings. The van der Waals surface area contributed by atoms with E-state index in [9.17, 15) is 10.1 Å². The molecule has 0 unspecified atom stereocenters. The zero-order valence-corrected chi connectivity index (χ0v) is 5.18. The molecule has 0 amide bonds. The number of hydrogen-bond acceptors (Lipinski definition) is 4. The number of rotatable bonds is 2. The first kappa shape index (κ1) is 11.2. The van der Waals surface area contributed by atoms with Crippen LogP contribution in [-0.2, 0) is 0 Å². The Kier molecular flexibility index (Phi) is 8.31. The Labute approximate surface area is 55.7 Å². The summed E-state index contributed by atoms with van der Waals surface area (Å²) < 4.78 is 0. The van der Waals surface area contributed by atoms with Gasteiger partial charge in [0.25, 0.3) is 5.09 Å². The third-order valence-corrected chi connectivity index (χ3v) is 0.287. The summed E-state index contributed by atoms with van der Waals surface area (Å²) in [4.78, 5) is 17.7. The summed E-state index contributed by atoms with van der Waals surface area (Å²) >= 11 is 0. The van der Waals surface area contributed by atoms with Gasteiger partial charge in [0, 0.05) is 0 Å². The molecule has 0 saturated carbocycles. The lowest BCUT2D eigenvalue weighted by Gasteiger charge is -1.83. The topological polar surface area (TPSA) is 119 Å². The van der Waals surface area contributed by atoms with Crippen LogP contribution in [0.3, 0.4) is 0 Å². The maximum Gasteiger partial charge on any atom is 0.291 e. The van der Waals surface area contributed by atoms with E-state index in [-0.39, 0.29) is 0 Å². The maximum absolute atomic E-state index is 9.29. The molecule has 0 heterocycles. The van der Waals surface area contributed by atoms with Crippen molar-refractivity contribution in [3.63, 3.8) is 0 Å². The molecule has 0 rings (SSSR count). The second-order valence-electron chi connectivity index (χ2n) is 1.01. The van der Waals surface area contributed by atoms with Crippen LogP contribution < -0.4 is 5.43 Å². The van der Waals surface area contributed by atoms with Crippen molar-refractivity contribution in [3.05, 3.63) is 20.2 Å². The van der Waals surface area contributed by atoms with Gasteiger partial charge in [-0.1, -0.05) is 0 Å². The molecule has 2 N–H and O–H groups in total. The highest BCUT2D eigenvalue weighted by atomic mass is 16.9. The van der Waals surface area contributed by atoms with E-state index in [0.29, 0.717) is 6.54 Å². The predicted molar refractivity (Wildman–Crippen MR) is 29.5 cm³/mol. The molecule has 0 radical (unpaired) electrons. The standard InChI is InChI=1S/C2H6N2O2.HNO3/c1-2-3-4(5)6;2-1(3)4/h3H,2H2,1H3;(H,2,3,4). The smallest absolute Gasteiger partial charge is 0.291 e. The van der Waals surface area contributed by atoms with Gasteiger partial charge < -0.3 is 5.21 Å². The van der Waals surface area contributed by atoms with Crippen LogP contribution in [0.15, 0.2) is 0 Å². The highest BCUT2D eigenvalue weighted by Crippen LogP contribution is 1.51. The summed E-state index contributed by atoms with van der Waals surface area (Å²) in [5.74, 6) is 0. The van der Waals surface area contributed by atoms with Gasteiger partial charge in [0.2, 0.25) is 0 Å². The number of hydrazine groups is 1. The van der Waals surface area contributed by atoms with Gasteiger partial charge >= 0.3 is 0 Å². The molecule has 60 valence electrons. The van der Waals surface area contributed by atoms with Crippen LogP contribution in [0.4, 0.5) is 0 Å². The Morgan fingerprint density at radius 3 is 1.80 bits per heavy atom. The van der Waals surface area contributed by atoms with Crippen LogP contribution in [0.5, 0.6) is 0 Å². The Hall–Kier alpha value is -1.60. The van der Waals surface area contributed by atoms with Crippen molar-refractivity contribution in [2.45, 2.75) is 6.92 Å². The van der Waals surface area contributed by atoms with Crippen molar-refractivity contribution >= 4 is 0 Å². The highest BCUT2D eigenvalue weighted by molar-refractivity contribution is 4.11. The minimum absolute atomic E-state index is 0.382. The first-order valence-electron chi connectivity index (χ1n) is 2.21. The zero-order valence-electron chi connectivity index (χ0n) is 5.18. The SMILES string of the molecule is CCN[N+](=O)[O-].O=[N+]([O-])O. The average Bonchev–Trinajstić information content (AvgIpc) is 1.62. The molecule has 10 heavy (non-hydrogen) atoms. The van der Waals surface area contributed by atoms with Gasteiger partial charge in [-0.2, -0.15) is 0 Å². The molecule has 0 aromatic carbocycles. The Morgan fingerprint density at radius 1 is 1.50 bits per heavy atom. The van der Waals surface area contributed by atoms with E-state index in [2.05, 4.69) is 0 Å². The first-order valence-corrected chi connectivity index (χ1v) is 2.21. The Bertz CT molecular complexity index is 109. The van der Waals surface area contributed by atoms with Crippen molar-refractivity contribution in [1.29, 1.82) is 0 Å². The van der Waals surface area contributed by atoms with Crippen LogP contribution in [-0.4, -0.2) is 21.9 Å². The van der Waals surface area contributed by atoms with E-state index in [1.807, 2.05) is 5.43 Å². The summed E-state index contributed by atoms with van der Waals surface area (Å²) in [7, 11) is 0. The van der Waals surface area contributed by atoms with Crippen molar-refractivity contribution < 1.29 is 15.3 Å². The van der Waals surface area contributed by atoms with Crippen LogP contribution >= 0.6 is 0 Å². The van der Waals surface area contributed by atoms with E-state index in [4.69, 9.17) is 15.3 Å². The number of nitro groups is 1. The molecule has 0 bridgehead atoms. The van der Waals surface area contributed by atoms with Gasteiger partial charge in [-0.3, -0.25) is 0 Å². The predicted octanol–water partition coefficient (Wildman–Crippen LogP) is -0.560. The van der Waals surface area contributed by atoms with Gasteiger partial charge in [-0.15, -0.1) is 15.5 Å². The molecule has 0 saturated heterocycles. The van der Waals surface area contributed by atoms with Crippen LogP contribution in [0.2, 0.25) is 0 Å². The monoisotopic (exact) mass is 153 g/mol. The molecule has 8 nitrogen and oxygen atoms in total. The van der Waals surface area contributed by atoms with Crippen LogP contribution in [0, 0.1) is 20.2 Å². The molecule has 8 heteroatoms. The van der Waals surface area contributed by atoms with Gasteiger partial charge in [0.05, 0.1) is 6.54 Å². The van der Waals surface area contributed by atoms with E-state index < -0.39 is 10.1 Å². The third kappa shape index (κ3) is 95.2. The van der Waals surface area contributed by atoms with Crippen molar-refractivity contribution in [3.8, 4) is 0 Å². The van der Waals surface area contributed by atoms with Gasteiger partial charge in [-0.05, 0) is 6.92 Å². The minimum atomic E-state index is -1.50. The quantitative estimate of drug-likeness (QED) is 0.405. The van der Waals surface area contributed by atoms with Crippen molar-refractivity contribution in [1.82, 2.24) is 5.43 Å². The zero-order chi connectivity index (χ0) is 8.57. The second-order valence-corrected chi connectivity index (χ2v) is 1.01. The van der Waals surface area contributed by atoms with Gasteiger partial charge in [0.15, 0.2) is 5.03 Å². The molecular formula is C2H7N3O5. The fourth-order valence-electron chi connectivity index (χ4n) is 0.129. The Balaban J connectivity index is 0. The lowest BCUT2D eigenvalue weighted by Crippen LogP contribution is -2.19.